The van der Waals surface area contributed by atoms with Crippen molar-refractivity contribution < 1.29 is 152 Å². The standard InChI is InChI=1S/C20H21F19S.Cs/c21-12(22,10-8-6-4-2-1-3-5-7-9-11-40)13(23,24)14(25,26)15(27,28)16(29,30)17(31,32)18(33,34)19(35,36)20(37,38)39;/h11H,1-10H2;/q-2;+1. The first-order valence-electron chi connectivity index (χ1n) is 11.1. The van der Waals surface area contributed by atoms with Crippen LogP contribution in [-0.4, -0.2) is 53.6 Å². The van der Waals surface area contributed by atoms with E-state index in [0.29, 0.717) is 32.1 Å². The van der Waals surface area contributed by atoms with Crippen LogP contribution in [0, 0.1) is 5.75 Å². The SMILES string of the molecule is FC(F)(F)C(F)(F)C(F)(F)C(F)(F)C(F)(F)C(F)(F)C(F)(F)C(F)(F)C(F)(F)CCCCCCCCCC[CH-][S-].[Cs+]. The summed E-state index contributed by atoms with van der Waals surface area (Å²) >= 11 is 4.58. The summed E-state index contributed by atoms with van der Waals surface area (Å²) in [4.78, 5) is 0. The van der Waals surface area contributed by atoms with Gasteiger partial charge in [-0.05, 0) is 6.42 Å². The summed E-state index contributed by atoms with van der Waals surface area (Å²) in [6.07, 6.45) is -8.38. The molecule has 0 saturated carbocycles. The van der Waals surface area contributed by atoms with Gasteiger partial charge in [-0.25, -0.2) is 6.42 Å². The van der Waals surface area contributed by atoms with E-state index < -0.39 is 72.8 Å². The van der Waals surface area contributed by atoms with Gasteiger partial charge in [0.2, 0.25) is 0 Å². The van der Waals surface area contributed by atoms with E-state index >= 15 is 0 Å². The molecule has 0 bridgehead atoms. The third-order valence-corrected chi connectivity index (χ3v) is 5.98. The van der Waals surface area contributed by atoms with Crippen LogP contribution in [0.2, 0.25) is 0 Å². The molecule has 0 N–H and O–H groups in total. The maximum atomic E-state index is 13.8. The van der Waals surface area contributed by atoms with Crippen LogP contribution >= 0.6 is 0 Å². The molecule has 0 heterocycles. The molecule has 0 aliphatic rings. The van der Waals surface area contributed by atoms with Gasteiger partial charge >= 0.3 is 122 Å². The Morgan fingerprint density at radius 3 is 0.951 bits per heavy atom. The van der Waals surface area contributed by atoms with E-state index in [1.54, 1.807) is 0 Å². The maximum absolute atomic E-state index is 13.8. The van der Waals surface area contributed by atoms with Crippen molar-refractivity contribution in [1.82, 2.24) is 0 Å². The van der Waals surface area contributed by atoms with Crippen molar-refractivity contribution in [1.29, 1.82) is 0 Å². The van der Waals surface area contributed by atoms with Crippen molar-refractivity contribution >= 4 is 12.6 Å². The summed E-state index contributed by atoms with van der Waals surface area (Å²) < 4.78 is 252. The minimum Gasteiger partial charge on any atom is -1.01 e. The molecule has 0 aliphatic carbocycles. The van der Waals surface area contributed by atoms with E-state index in [-0.39, 0.29) is 75.3 Å². The van der Waals surface area contributed by atoms with Crippen LogP contribution in [0.4, 0.5) is 83.4 Å². The van der Waals surface area contributed by atoms with Gasteiger partial charge in [0.25, 0.3) is 0 Å². The van der Waals surface area contributed by atoms with Gasteiger partial charge in [-0.1, -0.05) is 44.9 Å². The summed E-state index contributed by atoms with van der Waals surface area (Å²) in [5.74, 6) is -64.4. The van der Waals surface area contributed by atoms with Crippen LogP contribution in [0.25, 0.3) is 0 Å². The van der Waals surface area contributed by atoms with Crippen LogP contribution < -0.4 is 68.9 Å². The number of unbranched alkanes of at least 4 members (excludes halogenated alkanes) is 8. The fourth-order valence-electron chi connectivity index (χ4n) is 3.19. The number of hydrogen-bond acceptors (Lipinski definition) is 1. The van der Waals surface area contributed by atoms with Crippen LogP contribution in [0.3, 0.4) is 0 Å². The van der Waals surface area contributed by atoms with E-state index in [0.717, 1.165) is 6.42 Å². The number of halogens is 19. The monoisotopic (exact) mass is 787 g/mol. The zero-order valence-electron chi connectivity index (χ0n) is 20.7. The molecule has 0 spiro atoms. The Morgan fingerprint density at radius 2 is 0.634 bits per heavy atom. The Bertz CT molecular complexity index is 794. The molecule has 0 rings (SSSR count). The molecule has 0 aromatic rings. The largest absolute Gasteiger partial charge is 1.01 e. The summed E-state index contributed by atoms with van der Waals surface area (Å²) in [5, 5.41) is 0. The second kappa shape index (κ2) is 15.1. The third kappa shape index (κ3) is 8.46. The van der Waals surface area contributed by atoms with Crippen molar-refractivity contribution in [2.24, 2.45) is 0 Å². The fourth-order valence-corrected chi connectivity index (χ4v) is 3.35. The molecule has 0 saturated heterocycles. The van der Waals surface area contributed by atoms with Crippen molar-refractivity contribution in [3.8, 4) is 0 Å². The van der Waals surface area contributed by atoms with Gasteiger partial charge in [-0.2, -0.15) is 83.4 Å². The summed E-state index contributed by atoms with van der Waals surface area (Å²) in [6, 6.07) is 0. The normalized spacial score (nSPS) is 15.2. The van der Waals surface area contributed by atoms with E-state index in [9.17, 15) is 83.4 Å². The number of alkyl halides is 19. The molecule has 0 nitrogen and oxygen atoms in total. The van der Waals surface area contributed by atoms with E-state index in [2.05, 4.69) is 12.6 Å². The smallest absolute Gasteiger partial charge is 1.00 e. The minimum absolute atomic E-state index is 0. The molecule has 0 atom stereocenters. The zero-order chi connectivity index (χ0) is 32.3. The van der Waals surface area contributed by atoms with E-state index in [1.807, 2.05) is 0 Å². The van der Waals surface area contributed by atoms with Crippen LogP contribution in [0.15, 0.2) is 0 Å². The molecule has 242 valence electrons. The second-order valence-electron chi connectivity index (χ2n) is 8.76. The van der Waals surface area contributed by atoms with Crippen molar-refractivity contribution in [3.05, 3.63) is 5.75 Å². The van der Waals surface area contributed by atoms with Crippen molar-refractivity contribution in [2.45, 2.75) is 118 Å². The second-order valence-corrected chi connectivity index (χ2v) is 9.09. The summed E-state index contributed by atoms with van der Waals surface area (Å²) in [5.41, 5.74) is 0. The van der Waals surface area contributed by atoms with Crippen molar-refractivity contribution in [2.75, 3.05) is 0 Å². The number of hydrogen-bond donors (Lipinski definition) is 0. The van der Waals surface area contributed by atoms with Crippen molar-refractivity contribution in [3.63, 3.8) is 0 Å². The molecule has 0 amide bonds. The first kappa shape index (κ1) is 44.2. The Kier molecular flexibility index (Phi) is 16.3. The topological polar surface area (TPSA) is 0 Å². The molecule has 41 heavy (non-hydrogen) atoms. The first-order chi connectivity index (χ1) is 17.6. The van der Waals surface area contributed by atoms with E-state index in [1.165, 1.54) is 5.75 Å². The Hall–Kier alpha value is 1.07. The summed E-state index contributed by atoms with van der Waals surface area (Å²) in [7, 11) is 0. The van der Waals surface area contributed by atoms with E-state index in [4.69, 9.17) is 0 Å². The Morgan fingerprint density at radius 1 is 0.366 bits per heavy atom. The quantitative estimate of drug-likeness (QED) is 0.0612. The van der Waals surface area contributed by atoms with Crippen LogP contribution in [0.5, 0.6) is 0 Å². The predicted molar refractivity (Wildman–Crippen MR) is 103 cm³/mol. The van der Waals surface area contributed by atoms with Gasteiger partial charge in [-0.3, -0.25) is 0 Å². The predicted octanol–water partition coefficient (Wildman–Crippen LogP) is 7.24. The van der Waals surface area contributed by atoms with Crippen LogP contribution in [0.1, 0.15) is 64.2 Å². The average Bonchev–Trinajstić information content (AvgIpc) is 2.78. The maximum Gasteiger partial charge on any atom is 1.00 e. The van der Waals surface area contributed by atoms with Gasteiger partial charge in [0, 0.05) is 6.42 Å². The minimum atomic E-state index is -8.87. The zero-order valence-corrected chi connectivity index (χ0v) is 27.8. The van der Waals surface area contributed by atoms with Gasteiger partial charge in [0.1, 0.15) is 0 Å². The number of rotatable bonds is 18. The molecule has 0 aliphatic heterocycles. The summed E-state index contributed by atoms with van der Waals surface area (Å²) in [6.45, 7) is 0. The molecular weight excluding hydrogens is 766 g/mol. The molecule has 0 fully saturated rings. The first-order valence-corrected chi connectivity index (χ1v) is 11.6. The van der Waals surface area contributed by atoms with Gasteiger partial charge < -0.3 is 18.4 Å². The molecule has 0 unspecified atom stereocenters. The molecular formula is C20H21CsF19S-. The molecule has 0 aromatic heterocycles. The Labute approximate surface area is 285 Å². The average molecular weight is 787 g/mol. The Balaban J connectivity index is 0. The van der Waals surface area contributed by atoms with Gasteiger partial charge in [0.05, 0.1) is 0 Å². The molecule has 0 radical (unpaired) electrons. The van der Waals surface area contributed by atoms with Gasteiger partial charge in [0.15, 0.2) is 0 Å². The van der Waals surface area contributed by atoms with Crippen LogP contribution in [-0.2, 0) is 12.6 Å². The fraction of sp³-hybridized carbons (Fsp3) is 0.950. The molecule has 21 heteroatoms. The van der Waals surface area contributed by atoms with Gasteiger partial charge in [-0.15, -0.1) is 0 Å². The molecule has 0 aromatic carbocycles. The third-order valence-electron chi connectivity index (χ3n) is 5.74.